The predicted molar refractivity (Wildman–Crippen MR) is 80.3 cm³/mol. The molecule has 0 bridgehead atoms. The summed E-state index contributed by atoms with van der Waals surface area (Å²) in [6, 6.07) is 10.1. The third-order valence-corrected chi connectivity index (χ3v) is 3.85. The summed E-state index contributed by atoms with van der Waals surface area (Å²) in [5.41, 5.74) is -0.0596. The first-order chi connectivity index (χ1) is 10.2. The lowest BCUT2D eigenvalue weighted by molar-refractivity contribution is 0.205. The third-order valence-electron chi connectivity index (χ3n) is 2.82. The van der Waals surface area contributed by atoms with E-state index >= 15 is 0 Å². The summed E-state index contributed by atoms with van der Waals surface area (Å²) in [6.45, 7) is 0. The van der Waals surface area contributed by atoms with Gasteiger partial charge in [0, 0.05) is 17.1 Å². The number of nitrogens with zero attached hydrogens (tertiary/aromatic N) is 3. The highest BCUT2D eigenvalue weighted by molar-refractivity contribution is 7.21. The van der Waals surface area contributed by atoms with Gasteiger partial charge >= 0.3 is 6.09 Å². The molecule has 0 saturated heterocycles. The predicted octanol–water partition coefficient (Wildman–Crippen LogP) is 2.87. The second kappa shape index (κ2) is 5.29. The smallest absolute Gasteiger partial charge is 0.418 e. The standard InChI is InChI=1S/C14H9N3O3S/c18-12-10-3-1-2-4-11(10)21-13(16-12)17(14(19)20)9-5-7-15-8-6-9/h1-8H,(H,19,20). The number of rotatable bonds is 2. The van der Waals surface area contributed by atoms with E-state index in [1.54, 1.807) is 36.4 Å². The molecule has 2 heterocycles. The van der Waals surface area contributed by atoms with E-state index in [9.17, 15) is 14.7 Å². The zero-order valence-electron chi connectivity index (χ0n) is 10.6. The van der Waals surface area contributed by atoms with Crippen molar-refractivity contribution in [3.8, 4) is 0 Å². The van der Waals surface area contributed by atoms with Gasteiger partial charge in [-0.05, 0) is 24.3 Å². The van der Waals surface area contributed by atoms with Crippen molar-refractivity contribution in [2.75, 3.05) is 4.90 Å². The molecule has 0 aliphatic heterocycles. The van der Waals surface area contributed by atoms with Crippen LogP contribution in [0.2, 0.25) is 0 Å². The van der Waals surface area contributed by atoms with E-state index < -0.39 is 11.7 Å². The maximum Gasteiger partial charge on any atom is 0.418 e. The first kappa shape index (κ1) is 13.2. The van der Waals surface area contributed by atoms with Crippen LogP contribution in [0.4, 0.5) is 15.6 Å². The Balaban J connectivity index is 2.21. The molecule has 3 rings (SSSR count). The second-order valence-electron chi connectivity index (χ2n) is 4.12. The van der Waals surface area contributed by atoms with E-state index in [2.05, 4.69) is 9.97 Å². The molecule has 1 aromatic carbocycles. The van der Waals surface area contributed by atoms with Crippen LogP contribution in [-0.2, 0) is 0 Å². The Morgan fingerprint density at radius 2 is 1.86 bits per heavy atom. The van der Waals surface area contributed by atoms with Gasteiger partial charge in [-0.25, -0.2) is 9.69 Å². The fourth-order valence-corrected chi connectivity index (χ4v) is 2.90. The number of aromatic nitrogens is 2. The molecule has 0 atom stereocenters. The van der Waals surface area contributed by atoms with Crippen LogP contribution < -0.4 is 10.5 Å². The van der Waals surface area contributed by atoms with Crippen molar-refractivity contribution in [1.82, 2.24) is 9.97 Å². The average Bonchev–Trinajstić information content (AvgIpc) is 2.48. The van der Waals surface area contributed by atoms with Crippen LogP contribution in [0.3, 0.4) is 0 Å². The lowest BCUT2D eigenvalue weighted by Gasteiger charge is -2.17. The van der Waals surface area contributed by atoms with Gasteiger partial charge in [0.05, 0.1) is 11.1 Å². The summed E-state index contributed by atoms with van der Waals surface area (Å²) >= 11 is 1.15. The maximum atomic E-state index is 12.0. The molecule has 0 radical (unpaired) electrons. The molecular formula is C14H9N3O3S. The normalized spacial score (nSPS) is 10.5. The van der Waals surface area contributed by atoms with E-state index in [-0.39, 0.29) is 5.13 Å². The van der Waals surface area contributed by atoms with Gasteiger partial charge in [-0.2, -0.15) is 4.98 Å². The van der Waals surface area contributed by atoms with Crippen LogP contribution in [-0.4, -0.2) is 21.2 Å². The van der Waals surface area contributed by atoms with Crippen LogP contribution in [0.15, 0.2) is 53.6 Å². The van der Waals surface area contributed by atoms with Crippen molar-refractivity contribution in [3.63, 3.8) is 0 Å². The summed E-state index contributed by atoms with van der Waals surface area (Å²) in [4.78, 5) is 32.2. The number of hydrogen-bond acceptors (Lipinski definition) is 5. The van der Waals surface area contributed by atoms with Crippen LogP contribution in [0.5, 0.6) is 0 Å². The van der Waals surface area contributed by atoms with E-state index in [0.29, 0.717) is 15.8 Å². The fourth-order valence-electron chi connectivity index (χ4n) is 1.89. The molecule has 1 amide bonds. The van der Waals surface area contributed by atoms with Gasteiger partial charge in [0.1, 0.15) is 0 Å². The summed E-state index contributed by atoms with van der Waals surface area (Å²) in [7, 11) is 0. The number of pyridine rings is 1. The van der Waals surface area contributed by atoms with Crippen LogP contribution in [0.1, 0.15) is 0 Å². The Hall–Kier alpha value is -2.80. The maximum absolute atomic E-state index is 12.0. The van der Waals surface area contributed by atoms with Crippen molar-refractivity contribution in [2.24, 2.45) is 0 Å². The summed E-state index contributed by atoms with van der Waals surface area (Å²) in [5, 5.41) is 10.0. The quantitative estimate of drug-likeness (QED) is 0.786. The summed E-state index contributed by atoms with van der Waals surface area (Å²) in [6.07, 6.45) is 1.75. The Kier molecular flexibility index (Phi) is 3.33. The van der Waals surface area contributed by atoms with Gasteiger partial charge in [-0.1, -0.05) is 23.5 Å². The van der Waals surface area contributed by atoms with Crippen LogP contribution in [0.25, 0.3) is 10.1 Å². The van der Waals surface area contributed by atoms with E-state index in [1.165, 1.54) is 12.4 Å². The Bertz CT molecular complexity index is 864. The fraction of sp³-hybridized carbons (Fsp3) is 0. The SMILES string of the molecule is O=C(O)N(c1ccncc1)c1nc(=O)c2ccccc2s1. The molecular weight excluding hydrogens is 290 g/mol. The number of hydrogen-bond donors (Lipinski definition) is 1. The lowest BCUT2D eigenvalue weighted by Crippen LogP contribution is -2.25. The highest BCUT2D eigenvalue weighted by atomic mass is 32.1. The van der Waals surface area contributed by atoms with E-state index in [4.69, 9.17) is 0 Å². The molecule has 0 aliphatic rings. The molecule has 21 heavy (non-hydrogen) atoms. The van der Waals surface area contributed by atoms with Gasteiger partial charge in [0.15, 0.2) is 0 Å². The first-order valence-electron chi connectivity index (χ1n) is 6.00. The second-order valence-corrected chi connectivity index (χ2v) is 5.13. The van der Waals surface area contributed by atoms with Gasteiger partial charge in [0.25, 0.3) is 5.56 Å². The minimum Gasteiger partial charge on any atom is -0.464 e. The molecule has 0 saturated carbocycles. The molecule has 2 aromatic heterocycles. The van der Waals surface area contributed by atoms with Crippen LogP contribution >= 0.6 is 11.3 Å². The topological polar surface area (TPSA) is 83.4 Å². The Morgan fingerprint density at radius 1 is 1.14 bits per heavy atom. The molecule has 6 nitrogen and oxygen atoms in total. The number of anilines is 2. The Morgan fingerprint density at radius 3 is 2.57 bits per heavy atom. The van der Waals surface area contributed by atoms with Crippen molar-refractivity contribution in [1.29, 1.82) is 0 Å². The lowest BCUT2D eigenvalue weighted by atomic mass is 10.3. The molecule has 104 valence electrons. The summed E-state index contributed by atoms with van der Waals surface area (Å²) < 4.78 is 0.688. The zero-order chi connectivity index (χ0) is 14.8. The molecule has 0 aliphatic carbocycles. The Labute approximate surface area is 123 Å². The largest absolute Gasteiger partial charge is 0.464 e. The summed E-state index contributed by atoms with van der Waals surface area (Å²) in [5.74, 6) is 0. The number of carbonyl (C=O) groups is 1. The van der Waals surface area contributed by atoms with Gasteiger partial charge in [0.2, 0.25) is 5.13 Å². The monoisotopic (exact) mass is 299 g/mol. The van der Waals surface area contributed by atoms with E-state index in [1.807, 2.05) is 0 Å². The molecule has 3 aromatic rings. The van der Waals surface area contributed by atoms with Crippen molar-refractivity contribution in [3.05, 3.63) is 59.1 Å². The van der Waals surface area contributed by atoms with Crippen molar-refractivity contribution < 1.29 is 9.90 Å². The third kappa shape index (κ3) is 2.46. The first-order valence-corrected chi connectivity index (χ1v) is 6.81. The number of carboxylic acid groups (broad SMARTS) is 1. The molecule has 1 N–H and O–H groups in total. The minimum atomic E-state index is -1.21. The van der Waals surface area contributed by atoms with Crippen LogP contribution in [0, 0.1) is 0 Å². The van der Waals surface area contributed by atoms with Gasteiger partial charge in [-0.15, -0.1) is 0 Å². The zero-order valence-corrected chi connectivity index (χ0v) is 11.4. The van der Waals surface area contributed by atoms with Gasteiger partial charge in [-0.3, -0.25) is 9.78 Å². The number of benzene rings is 1. The average molecular weight is 299 g/mol. The van der Waals surface area contributed by atoms with E-state index in [0.717, 1.165) is 16.2 Å². The van der Waals surface area contributed by atoms with Crippen molar-refractivity contribution >= 4 is 38.3 Å². The number of fused-ring (bicyclic) bond motifs is 1. The number of amides is 1. The highest BCUT2D eigenvalue weighted by Crippen LogP contribution is 2.29. The molecule has 0 spiro atoms. The molecule has 0 fully saturated rings. The molecule has 0 unspecified atom stereocenters. The van der Waals surface area contributed by atoms with Crippen molar-refractivity contribution in [2.45, 2.75) is 0 Å². The molecule has 7 heteroatoms. The van der Waals surface area contributed by atoms with Gasteiger partial charge < -0.3 is 5.11 Å². The highest BCUT2D eigenvalue weighted by Gasteiger charge is 2.20. The minimum absolute atomic E-state index is 0.109.